The van der Waals surface area contributed by atoms with E-state index < -0.39 is 0 Å². The van der Waals surface area contributed by atoms with E-state index in [1.54, 1.807) is 11.1 Å². The maximum absolute atomic E-state index is 3.01. The zero-order valence-corrected chi connectivity index (χ0v) is 15.8. The Labute approximate surface area is 135 Å². The summed E-state index contributed by atoms with van der Waals surface area (Å²) in [6.07, 6.45) is 10.5. The van der Waals surface area contributed by atoms with Crippen molar-refractivity contribution in [2.24, 2.45) is 0 Å². The summed E-state index contributed by atoms with van der Waals surface area (Å²) in [5, 5.41) is 1.44. The first-order valence-electron chi connectivity index (χ1n) is 9.07. The van der Waals surface area contributed by atoms with E-state index in [0.29, 0.717) is 0 Å². The van der Waals surface area contributed by atoms with E-state index in [1.165, 1.54) is 56.7 Å². The van der Waals surface area contributed by atoms with Crippen molar-refractivity contribution < 1.29 is 0 Å². The van der Waals surface area contributed by atoms with E-state index in [2.05, 4.69) is 55.1 Å². The maximum Gasteiger partial charge on any atom is -0.0153 e. The lowest BCUT2D eigenvalue weighted by molar-refractivity contribution is 0.525. The van der Waals surface area contributed by atoms with Gasteiger partial charge < -0.3 is 0 Å². The summed E-state index contributed by atoms with van der Waals surface area (Å²) < 4.78 is 0. The molecule has 0 heterocycles. The Bertz CT molecular complexity index is 385. The number of hydrogen-bond donors (Lipinski definition) is 0. The van der Waals surface area contributed by atoms with Crippen LogP contribution < -0.4 is 5.30 Å². The van der Waals surface area contributed by atoms with E-state index in [1.807, 2.05) is 0 Å². The fourth-order valence-corrected chi connectivity index (χ4v) is 4.22. The van der Waals surface area contributed by atoms with Gasteiger partial charge in [-0.05, 0) is 54.0 Å². The number of benzene rings is 1. The van der Waals surface area contributed by atoms with E-state index >= 15 is 0 Å². The van der Waals surface area contributed by atoms with E-state index in [4.69, 9.17) is 0 Å². The van der Waals surface area contributed by atoms with Gasteiger partial charge in [-0.3, -0.25) is 0 Å². The second kappa shape index (κ2) is 10.4. The molecule has 0 amide bonds. The molecule has 1 aromatic rings. The van der Waals surface area contributed by atoms with Gasteiger partial charge in [-0.25, -0.2) is 0 Å². The highest BCUT2D eigenvalue weighted by atomic mass is 31.0. The first-order valence-corrected chi connectivity index (χ1v) is 9.65. The average Bonchev–Trinajstić information content (AvgIpc) is 2.47. The summed E-state index contributed by atoms with van der Waals surface area (Å²) in [6, 6.07) is 6.96. The predicted octanol–water partition coefficient (Wildman–Crippen LogP) is 6.55. The van der Waals surface area contributed by atoms with Gasteiger partial charge in [0.1, 0.15) is 0 Å². The summed E-state index contributed by atoms with van der Waals surface area (Å²) in [6.45, 7) is 9.29. The van der Waals surface area contributed by atoms with Crippen LogP contribution >= 0.6 is 9.24 Å². The average molecular weight is 306 g/mol. The third-order valence-corrected chi connectivity index (χ3v) is 5.07. The fourth-order valence-electron chi connectivity index (χ4n) is 3.71. The molecular formula is C20H35P. The quantitative estimate of drug-likeness (QED) is 0.430. The molecule has 0 aliphatic heterocycles. The van der Waals surface area contributed by atoms with E-state index in [9.17, 15) is 0 Å². The first-order chi connectivity index (χ1) is 10.2. The van der Waals surface area contributed by atoms with Crippen LogP contribution in [0.5, 0.6) is 0 Å². The van der Waals surface area contributed by atoms with Gasteiger partial charge >= 0.3 is 0 Å². The highest BCUT2D eigenvalue weighted by molar-refractivity contribution is 7.27. The lowest BCUT2D eigenvalue weighted by Gasteiger charge is -2.26. The van der Waals surface area contributed by atoms with Crippen molar-refractivity contribution in [2.45, 2.75) is 90.9 Å². The van der Waals surface area contributed by atoms with Crippen LogP contribution in [0.4, 0.5) is 0 Å². The lowest BCUT2D eigenvalue weighted by atomic mass is 9.80. The Morgan fingerprint density at radius 3 is 1.71 bits per heavy atom. The van der Waals surface area contributed by atoms with Gasteiger partial charge in [-0.1, -0.05) is 71.6 Å². The van der Waals surface area contributed by atoms with Crippen molar-refractivity contribution in [3.63, 3.8) is 0 Å². The summed E-state index contributed by atoms with van der Waals surface area (Å²) in [5.74, 6) is 1.51. The monoisotopic (exact) mass is 306 g/mol. The van der Waals surface area contributed by atoms with Crippen LogP contribution in [-0.4, -0.2) is 0 Å². The second-order valence-electron chi connectivity index (χ2n) is 6.40. The Morgan fingerprint density at radius 2 is 1.24 bits per heavy atom. The Morgan fingerprint density at radius 1 is 0.762 bits per heavy atom. The molecule has 0 fully saturated rings. The summed E-state index contributed by atoms with van der Waals surface area (Å²) >= 11 is 0. The molecule has 0 spiro atoms. The van der Waals surface area contributed by atoms with Crippen LogP contribution in [0.25, 0.3) is 0 Å². The normalized spacial score (nSPS) is 11.6. The molecule has 0 nitrogen and oxygen atoms in total. The molecule has 0 saturated heterocycles. The molecule has 1 heteroatoms. The minimum atomic E-state index is 0.750. The highest BCUT2D eigenvalue weighted by Gasteiger charge is 2.21. The zero-order chi connectivity index (χ0) is 15.7. The van der Waals surface area contributed by atoms with Crippen molar-refractivity contribution in [3.05, 3.63) is 29.3 Å². The molecule has 1 aromatic carbocycles. The molecule has 0 N–H and O–H groups in total. The molecule has 0 bridgehead atoms. The van der Waals surface area contributed by atoms with Crippen molar-refractivity contribution in [1.82, 2.24) is 0 Å². The Hall–Kier alpha value is -0.350. The fraction of sp³-hybridized carbons (Fsp3) is 0.700. The van der Waals surface area contributed by atoms with Crippen LogP contribution in [0.15, 0.2) is 18.2 Å². The van der Waals surface area contributed by atoms with Gasteiger partial charge in [0.05, 0.1) is 0 Å². The SMILES string of the molecule is CCCC(CCC)c1cccc(P)c1C(CCC)CCC. The highest BCUT2D eigenvalue weighted by Crippen LogP contribution is 2.36. The molecule has 0 aliphatic carbocycles. The van der Waals surface area contributed by atoms with Crippen molar-refractivity contribution in [3.8, 4) is 0 Å². The third kappa shape index (κ3) is 5.41. The molecule has 0 saturated carbocycles. The zero-order valence-electron chi connectivity index (χ0n) is 14.6. The molecule has 0 aromatic heterocycles. The van der Waals surface area contributed by atoms with Crippen molar-refractivity contribution in [2.75, 3.05) is 0 Å². The lowest BCUT2D eigenvalue weighted by Crippen LogP contribution is -2.15. The molecule has 1 rings (SSSR count). The van der Waals surface area contributed by atoms with Crippen LogP contribution in [0.1, 0.15) is 102 Å². The third-order valence-electron chi connectivity index (χ3n) is 4.57. The van der Waals surface area contributed by atoms with Gasteiger partial charge in [-0.2, -0.15) is 0 Å². The van der Waals surface area contributed by atoms with Gasteiger partial charge in [0.15, 0.2) is 0 Å². The van der Waals surface area contributed by atoms with Crippen LogP contribution in [-0.2, 0) is 0 Å². The van der Waals surface area contributed by atoms with Gasteiger partial charge in [0, 0.05) is 0 Å². The Balaban J connectivity index is 3.20. The largest absolute Gasteiger partial charge is 0.105 e. The standard InChI is InChI=1S/C20H35P/c1-5-10-16(11-6-2)18-14-9-15-19(21)20(18)17(12-7-3)13-8-4/h9,14-17H,5-8,10-13,21H2,1-4H3. The number of rotatable bonds is 10. The molecule has 0 radical (unpaired) electrons. The topological polar surface area (TPSA) is 0 Å². The second-order valence-corrected chi connectivity index (χ2v) is 7.02. The summed E-state index contributed by atoms with van der Waals surface area (Å²) in [4.78, 5) is 0. The molecule has 1 atom stereocenters. The van der Waals surface area contributed by atoms with Crippen molar-refractivity contribution >= 4 is 14.5 Å². The molecule has 21 heavy (non-hydrogen) atoms. The predicted molar refractivity (Wildman–Crippen MR) is 101 cm³/mol. The molecule has 1 unspecified atom stereocenters. The van der Waals surface area contributed by atoms with Crippen LogP contribution in [0.2, 0.25) is 0 Å². The minimum Gasteiger partial charge on any atom is -0.105 e. The van der Waals surface area contributed by atoms with Gasteiger partial charge in [0.2, 0.25) is 0 Å². The van der Waals surface area contributed by atoms with Crippen LogP contribution in [0, 0.1) is 0 Å². The molecular weight excluding hydrogens is 271 g/mol. The van der Waals surface area contributed by atoms with E-state index in [0.717, 1.165) is 11.8 Å². The maximum atomic E-state index is 3.01. The first kappa shape index (κ1) is 18.7. The Kier molecular flexibility index (Phi) is 9.25. The van der Waals surface area contributed by atoms with Crippen molar-refractivity contribution in [1.29, 1.82) is 0 Å². The van der Waals surface area contributed by atoms with E-state index in [-0.39, 0.29) is 0 Å². The smallest absolute Gasteiger partial charge is 0.0153 e. The van der Waals surface area contributed by atoms with Gasteiger partial charge in [0.25, 0.3) is 0 Å². The summed E-state index contributed by atoms with van der Waals surface area (Å²) in [7, 11) is 3.01. The summed E-state index contributed by atoms with van der Waals surface area (Å²) in [5.41, 5.74) is 3.32. The van der Waals surface area contributed by atoms with Gasteiger partial charge in [-0.15, -0.1) is 9.24 Å². The molecule has 120 valence electrons. The van der Waals surface area contributed by atoms with Crippen LogP contribution in [0.3, 0.4) is 0 Å². The number of hydrogen-bond acceptors (Lipinski definition) is 0. The molecule has 0 aliphatic rings. The minimum absolute atomic E-state index is 0.750.